The predicted octanol–water partition coefficient (Wildman–Crippen LogP) is -0.178. The first kappa shape index (κ1) is 14.1. The minimum Gasteiger partial charge on any atom is -0.480 e. The van der Waals surface area contributed by atoms with E-state index < -0.39 is 27.9 Å². The number of amides is 2. The summed E-state index contributed by atoms with van der Waals surface area (Å²) in [7, 11) is -3.08. The quantitative estimate of drug-likeness (QED) is 0.747. The largest absolute Gasteiger partial charge is 0.480 e. The molecule has 7 nitrogen and oxygen atoms in total. The van der Waals surface area contributed by atoms with Crippen molar-refractivity contribution in [3.63, 3.8) is 0 Å². The zero-order valence-corrected chi connectivity index (χ0v) is 11.4. The lowest BCUT2D eigenvalue weighted by molar-refractivity contribution is -0.137. The van der Waals surface area contributed by atoms with E-state index in [1.54, 1.807) is 0 Å². The molecule has 2 rings (SSSR count). The second-order valence-corrected chi connectivity index (χ2v) is 7.38. The van der Waals surface area contributed by atoms with Gasteiger partial charge in [0.1, 0.15) is 6.54 Å². The van der Waals surface area contributed by atoms with Crippen molar-refractivity contribution in [1.29, 1.82) is 0 Å². The Morgan fingerprint density at radius 2 is 1.95 bits per heavy atom. The highest BCUT2D eigenvalue weighted by molar-refractivity contribution is 7.91. The van der Waals surface area contributed by atoms with Crippen LogP contribution in [0.1, 0.15) is 25.7 Å². The van der Waals surface area contributed by atoms with Gasteiger partial charge in [0.15, 0.2) is 9.84 Å². The summed E-state index contributed by atoms with van der Waals surface area (Å²) in [6, 6.07) is -0.885. The molecule has 2 fully saturated rings. The molecule has 19 heavy (non-hydrogen) atoms. The van der Waals surface area contributed by atoms with Crippen LogP contribution in [0.4, 0.5) is 4.79 Å². The van der Waals surface area contributed by atoms with E-state index in [-0.39, 0.29) is 24.1 Å². The molecule has 0 aromatic carbocycles. The van der Waals surface area contributed by atoms with Crippen LogP contribution in [-0.4, -0.2) is 60.6 Å². The number of urea groups is 1. The fourth-order valence-corrected chi connectivity index (χ4v) is 3.93. The molecule has 1 aliphatic heterocycles. The number of carboxylic acid groups (broad SMARTS) is 1. The highest BCUT2D eigenvalue weighted by atomic mass is 32.2. The Bertz CT molecular complexity index is 471. The van der Waals surface area contributed by atoms with Crippen molar-refractivity contribution in [2.75, 3.05) is 18.1 Å². The van der Waals surface area contributed by atoms with Crippen molar-refractivity contribution >= 4 is 21.8 Å². The van der Waals surface area contributed by atoms with Crippen LogP contribution in [0, 0.1) is 0 Å². The number of aliphatic carboxylic acids is 1. The Morgan fingerprint density at radius 1 is 1.26 bits per heavy atom. The zero-order chi connectivity index (χ0) is 14.0. The van der Waals surface area contributed by atoms with Gasteiger partial charge in [-0.3, -0.25) is 4.79 Å². The number of rotatable bonds is 4. The number of nitrogens with zero attached hydrogens (tertiary/aromatic N) is 1. The van der Waals surface area contributed by atoms with Gasteiger partial charge in [0.25, 0.3) is 0 Å². The van der Waals surface area contributed by atoms with E-state index in [9.17, 15) is 18.0 Å². The summed E-state index contributed by atoms with van der Waals surface area (Å²) in [5.74, 6) is -0.941. The number of hydrogen-bond acceptors (Lipinski definition) is 4. The van der Waals surface area contributed by atoms with Crippen molar-refractivity contribution < 1.29 is 23.1 Å². The molecular formula is C11H18N2O5S. The molecule has 2 N–H and O–H groups in total. The third kappa shape index (κ3) is 4.09. The fraction of sp³-hybridized carbons (Fsp3) is 0.818. The summed E-state index contributed by atoms with van der Waals surface area (Å²) >= 11 is 0. The number of hydrogen-bond donors (Lipinski definition) is 2. The van der Waals surface area contributed by atoms with Gasteiger partial charge in [0.05, 0.1) is 11.5 Å². The molecule has 0 aromatic heterocycles. The fourth-order valence-electron chi connectivity index (χ4n) is 2.29. The molecule has 1 unspecified atom stereocenters. The van der Waals surface area contributed by atoms with Crippen molar-refractivity contribution in [2.24, 2.45) is 0 Å². The molecule has 108 valence electrons. The summed E-state index contributed by atoms with van der Waals surface area (Å²) in [6.07, 6.45) is 2.78. The minimum absolute atomic E-state index is 0.0173. The van der Waals surface area contributed by atoms with Gasteiger partial charge in [-0.25, -0.2) is 13.2 Å². The molecule has 1 atom stereocenters. The van der Waals surface area contributed by atoms with E-state index in [2.05, 4.69) is 5.32 Å². The van der Waals surface area contributed by atoms with Crippen LogP contribution in [0.25, 0.3) is 0 Å². The predicted molar refractivity (Wildman–Crippen MR) is 67.6 cm³/mol. The lowest BCUT2D eigenvalue weighted by Crippen LogP contribution is -2.50. The standard InChI is InChI=1S/C11H18N2O5S/c14-10(15)6-13(9-3-4-9)11(16)12-8-2-1-5-19(17,18)7-8/h8-9H,1-7H2,(H,12,16)(H,14,15). The summed E-state index contributed by atoms with van der Waals surface area (Å²) in [4.78, 5) is 24.0. The molecule has 0 bridgehead atoms. The molecule has 0 aromatic rings. The van der Waals surface area contributed by atoms with Crippen LogP contribution in [0.2, 0.25) is 0 Å². The summed E-state index contributed by atoms with van der Waals surface area (Å²) in [6.45, 7) is -0.337. The van der Waals surface area contributed by atoms with E-state index in [1.807, 2.05) is 0 Å². The molecule has 8 heteroatoms. The van der Waals surface area contributed by atoms with Crippen LogP contribution in [0.3, 0.4) is 0 Å². The monoisotopic (exact) mass is 290 g/mol. The number of nitrogens with one attached hydrogen (secondary N) is 1. The Labute approximate surface area is 111 Å². The van der Waals surface area contributed by atoms with Gasteiger partial charge in [0.2, 0.25) is 0 Å². The SMILES string of the molecule is O=C(O)CN(C(=O)NC1CCCS(=O)(=O)C1)C1CC1. The molecule has 0 spiro atoms. The molecule has 1 heterocycles. The van der Waals surface area contributed by atoms with Crippen LogP contribution < -0.4 is 5.32 Å². The average Bonchev–Trinajstić information content (AvgIpc) is 3.07. The summed E-state index contributed by atoms with van der Waals surface area (Å²) in [5.41, 5.74) is 0. The van der Waals surface area contributed by atoms with Gasteiger partial charge >= 0.3 is 12.0 Å². The van der Waals surface area contributed by atoms with Crippen molar-refractivity contribution in [3.05, 3.63) is 0 Å². The number of carbonyl (C=O) groups excluding carboxylic acids is 1. The van der Waals surface area contributed by atoms with Crippen molar-refractivity contribution in [3.8, 4) is 0 Å². The maximum Gasteiger partial charge on any atom is 0.323 e. The van der Waals surface area contributed by atoms with Crippen LogP contribution in [0.5, 0.6) is 0 Å². The van der Waals surface area contributed by atoms with Crippen molar-refractivity contribution in [2.45, 2.75) is 37.8 Å². The van der Waals surface area contributed by atoms with Gasteiger partial charge < -0.3 is 15.3 Å². The summed E-state index contributed by atoms with van der Waals surface area (Å²) < 4.78 is 23.0. The second-order valence-electron chi connectivity index (χ2n) is 5.16. The van der Waals surface area contributed by atoms with Gasteiger partial charge in [-0.05, 0) is 25.7 Å². The molecular weight excluding hydrogens is 272 g/mol. The maximum absolute atomic E-state index is 12.0. The number of carbonyl (C=O) groups is 2. The molecule has 2 amide bonds. The molecule has 1 saturated heterocycles. The van der Waals surface area contributed by atoms with E-state index in [4.69, 9.17) is 5.11 Å². The van der Waals surface area contributed by atoms with Crippen LogP contribution in [-0.2, 0) is 14.6 Å². The zero-order valence-electron chi connectivity index (χ0n) is 10.5. The Morgan fingerprint density at radius 3 is 2.47 bits per heavy atom. The average molecular weight is 290 g/mol. The Hall–Kier alpha value is -1.31. The second kappa shape index (κ2) is 5.36. The first-order chi connectivity index (χ1) is 8.87. The van der Waals surface area contributed by atoms with E-state index in [0.717, 1.165) is 12.8 Å². The first-order valence-corrected chi connectivity index (χ1v) is 8.19. The lowest BCUT2D eigenvalue weighted by Gasteiger charge is -2.27. The van der Waals surface area contributed by atoms with Gasteiger partial charge in [-0.2, -0.15) is 0 Å². The van der Waals surface area contributed by atoms with Crippen LogP contribution >= 0.6 is 0 Å². The van der Waals surface area contributed by atoms with Gasteiger partial charge in [-0.15, -0.1) is 0 Å². The molecule has 0 radical (unpaired) electrons. The van der Waals surface area contributed by atoms with Crippen LogP contribution in [0.15, 0.2) is 0 Å². The van der Waals surface area contributed by atoms with E-state index in [0.29, 0.717) is 12.8 Å². The maximum atomic E-state index is 12.0. The van der Waals surface area contributed by atoms with Gasteiger partial charge in [-0.1, -0.05) is 0 Å². The van der Waals surface area contributed by atoms with Crippen molar-refractivity contribution in [1.82, 2.24) is 10.2 Å². The molecule has 1 saturated carbocycles. The Kier molecular flexibility index (Phi) is 3.98. The van der Waals surface area contributed by atoms with E-state index in [1.165, 1.54) is 4.90 Å². The summed E-state index contributed by atoms with van der Waals surface area (Å²) in [5, 5.41) is 11.4. The topological polar surface area (TPSA) is 104 Å². The molecule has 1 aliphatic carbocycles. The lowest BCUT2D eigenvalue weighted by atomic mass is 10.2. The van der Waals surface area contributed by atoms with Gasteiger partial charge in [0, 0.05) is 12.1 Å². The van der Waals surface area contributed by atoms with E-state index >= 15 is 0 Å². The smallest absolute Gasteiger partial charge is 0.323 e. The molecule has 2 aliphatic rings. The number of sulfone groups is 1. The minimum atomic E-state index is -3.08. The highest BCUT2D eigenvalue weighted by Crippen LogP contribution is 2.26. The first-order valence-electron chi connectivity index (χ1n) is 6.37. The third-order valence-corrected chi connectivity index (χ3v) is 5.17. The third-order valence-electron chi connectivity index (χ3n) is 3.34. The normalized spacial score (nSPS) is 25.6. The highest BCUT2D eigenvalue weighted by Gasteiger charge is 2.35. The Balaban J connectivity index is 1.93. The number of carboxylic acids is 1.